The molecule has 1 aromatic rings. The van der Waals surface area contributed by atoms with E-state index in [1.807, 2.05) is 18.2 Å². The minimum Gasteiger partial charge on any atom is -0.354 e. The van der Waals surface area contributed by atoms with Crippen LogP contribution >= 0.6 is 11.6 Å². The normalized spacial score (nSPS) is 12.1. The number of benzene rings is 1. The Morgan fingerprint density at radius 3 is 2.67 bits per heavy atom. The van der Waals surface area contributed by atoms with Crippen LogP contribution in [0.5, 0.6) is 0 Å². The van der Waals surface area contributed by atoms with Gasteiger partial charge >= 0.3 is 0 Å². The van der Waals surface area contributed by atoms with Crippen LogP contribution in [-0.4, -0.2) is 17.8 Å². The monoisotopic (exact) mass is 267 g/mol. The Hall–Kier alpha value is -1.02. The third kappa shape index (κ3) is 6.65. The Bertz CT molecular complexity index is 340. The Labute approximate surface area is 115 Å². The Kier molecular flexibility index (Phi) is 7.51. The predicted octanol–water partition coefficient (Wildman–Crippen LogP) is 3.53. The van der Waals surface area contributed by atoms with Crippen molar-refractivity contribution < 1.29 is 4.79 Å². The van der Waals surface area contributed by atoms with Gasteiger partial charge in [-0.1, -0.05) is 30.3 Å². The third-order valence-electron chi connectivity index (χ3n) is 2.90. The summed E-state index contributed by atoms with van der Waals surface area (Å²) in [6.45, 7) is 2.06. The maximum atomic E-state index is 11.6. The molecule has 0 fully saturated rings. The van der Waals surface area contributed by atoms with Gasteiger partial charge in [0.15, 0.2) is 0 Å². The number of unbranched alkanes of at least 4 members (excludes halogenated alkanes) is 1. The first-order valence-corrected chi connectivity index (χ1v) is 7.15. The minimum atomic E-state index is 0.140. The number of hydrogen-bond donors (Lipinski definition) is 1. The van der Waals surface area contributed by atoms with Crippen molar-refractivity contribution >= 4 is 17.5 Å². The molecule has 2 nitrogen and oxygen atoms in total. The summed E-state index contributed by atoms with van der Waals surface area (Å²) >= 11 is 5.58. The average Bonchev–Trinajstić information content (AvgIpc) is 2.38. The van der Waals surface area contributed by atoms with Crippen molar-refractivity contribution in [3.05, 3.63) is 35.9 Å². The van der Waals surface area contributed by atoms with Gasteiger partial charge in [-0.15, -0.1) is 11.6 Å². The summed E-state index contributed by atoms with van der Waals surface area (Å²) in [5.74, 6) is 0.775. The van der Waals surface area contributed by atoms with E-state index in [2.05, 4.69) is 24.4 Å². The van der Waals surface area contributed by atoms with Crippen LogP contribution in [0.4, 0.5) is 0 Å². The van der Waals surface area contributed by atoms with E-state index in [1.165, 1.54) is 5.56 Å². The van der Waals surface area contributed by atoms with Gasteiger partial charge in [-0.25, -0.2) is 0 Å². The van der Waals surface area contributed by atoms with Gasteiger partial charge in [0.1, 0.15) is 0 Å². The molecule has 100 valence electrons. The molecule has 1 aromatic carbocycles. The second kappa shape index (κ2) is 8.98. The fraction of sp³-hybridized carbons (Fsp3) is 0.533. The molecule has 0 spiro atoms. The minimum absolute atomic E-state index is 0.140. The number of carbonyl (C=O) groups is 1. The largest absolute Gasteiger partial charge is 0.354 e. The lowest BCUT2D eigenvalue weighted by atomic mass is 10.1. The van der Waals surface area contributed by atoms with E-state index in [9.17, 15) is 4.79 Å². The highest BCUT2D eigenvalue weighted by Gasteiger charge is 2.07. The summed E-state index contributed by atoms with van der Waals surface area (Å²) in [5.41, 5.74) is 1.32. The number of nitrogens with one attached hydrogen (secondary N) is 1. The highest BCUT2D eigenvalue weighted by atomic mass is 35.5. The van der Waals surface area contributed by atoms with Crippen molar-refractivity contribution in [2.45, 2.75) is 45.1 Å². The summed E-state index contributed by atoms with van der Waals surface area (Å²) in [6.07, 6.45) is 4.35. The summed E-state index contributed by atoms with van der Waals surface area (Å²) in [7, 11) is 0. The number of halogens is 1. The molecular weight excluding hydrogens is 246 g/mol. The topological polar surface area (TPSA) is 29.1 Å². The Morgan fingerprint density at radius 2 is 2.00 bits per heavy atom. The van der Waals surface area contributed by atoms with Gasteiger partial charge in [-0.2, -0.15) is 0 Å². The number of aryl methyl sites for hydroxylation is 1. The maximum absolute atomic E-state index is 11.6. The zero-order chi connectivity index (χ0) is 13.2. The first kappa shape index (κ1) is 15.0. The average molecular weight is 268 g/mol. The zero-order valence-corrected chi connectivity index (χ0v) is 11.7. The van der Waals surface area contributed by atoms with Crippen molar-refractivity contribution in [1.29, 1.82) is 0 Å². The van der Waals surface area contributed by atoms with Crippen LogP contribution in [0.1, 0.15) is 38.2 Å². The Morgan fingerprint density at radius 1 is 1.28 bits per heavy atom. The number of rotatable bonds is 8. The highest BCUT2D eigenvalue weighted by Crippen LogP contribution is 2.05. The van der Waals surface area contributed by atoms with Gasteiger partial charge in [-0.05, 0) is 38.2 Å². The second-order valence-electron chi connectivity index (χ2n) is 4.64. The summed E-state index contributed by atoms with van der Waals surface area (Å²) in [4.78, 5) is 11.6. The van der Waals surface area contributed by atoms with E-state index in [-0.39, 0.29) is 11.9 Å². The van der Waals surface area contributed by atoms with E-state index >= 15 is 0 Å². The van der Waals surface area contributed by atoms with Crippen LogP contribution in [-0.2, 0) is 11.2 Å². The van der Waals surface area contributed by atoms with Crippen LogP contribution in [0.3, 0.4) is 0 Å². The van der Waals surface area contributed by atoms with E-state index in [1.54, 1.807) is 0 Å². The molecule has 1 amide bonds. The lowest BCUT2D eigenvalue weighted by Gasteiger charge is -2.13. The quantitative estimate of drug-likeness (QED) is 0.567. The number of hydrogen-bond acceptors (Lipinski definition) is 1. The van der Waals surface area contributed by atoms with Gasteiger partial charge in [0.25, 0.3) is 0 Å². The lowest BCUT2D eigenvalue weighted by molar-refractivity contribution is -0.121. The number of alkyl halides is 1. The molecule has 0 saturated heterocycles. The molecule has 0 aliphatic heterocycles. The van der Waals surface area contributed by atoms with Crippen LogP contribution in [0, 0.1) is 0 Å². The molecule has 0 aliphatic rings. The molecule has 0 heterocycles. The first-order chi connectivity index (χ1) is 8.72. The van der Waals surface area contributed by atoms with Crippen molar-refractivity contribution in [3.8, 4) is 0 Å². The molecule has 1 unspecified atom stereocenters. The van der Waals surface area contributed by atoms with E-state index in [0.29, 0.717) is 12.3 Å². The van der Waals surface area contributed by atoms with Crippen molar-refractivity contribution in [1.82, 2.24) is 5.32 Å². The summed E-state index contributed by atoms with van der Waals surface area (Å²) in [6, 6.07) is 10.6. The fourth-order valence-corrected chi connectivity index (χ4v) is 2.02. The van der Waals surface area contributed by atoms with Crippen LogP contribution < -0.4 is 5.32 Å². The molecule has 18 heavy (non-hydrogen) atoms. The lowest BCUT2D eigenvalue weighted by Crippen LogP contribution is -2.32. The molecule has 1 N–H and O–H groups in total. The van der Waals surface area contributed by atoms with E-state index in [4.69, 9.17) is 11.6 Å². The molecule has 1 rings (SSSR count). The van der Waals surface area contributed by atoms with Gasteiger partial charge in [0, 0.05) is 18.3 Å². The Balaban J connectivity index is 2.17. The molecule has 0 aliphatic carbocycles. The molecule has 0 bridgehead atoms. The van der Waals surface area contributed by atoms with E-state index in [0.717, 1.165) is 25.7 Å². The molecule has 3 heteroatoms. The SMILES string of the molecule is CC(CCc1ccccc1)NC(=O)CCCCCl. The zero-order valence-electron chi connectivity index (χ0n) is 11.0. The standard InChI is InChI=1S/C15H22ClNO/c1-13(17-15(18)9-5-6-12-16)10-11-14-7-3-2-4-8-14/h2-4,7-8,13H,5-6,9-12H2,1H3,(H,17,18). The van der Waals surface area contributed by atoms with Crippen molar-refractivity contribution in [3.63, 3.8) is 0 Å². The molecule has 0 saturated carbocycles. The smallest absolute Gasteiger partial charge is 0.220 e. The van der Waals surface area contributed by atoms with Crippen molar-refractivity contribution in [2.75, 3.05) is 5.88 Å². The van der Waals surface area contributed by atoms with Gasteiger partial charge in [-0.3, -0.25) is 4.79 Å². The first-order valence-electron chi connectivity index (χ1n) is 6.61. The van der Waals surface area contributed by atoms with Gasteiger partial charge in [0.05, 0.1) is 0 Å². The molecule has 0 aromatic heterocycles. The van der Waals surface area contributed by atoms with Gasteiger partial charge in [0.2, 0.25) is 5.91 Å². The summed E-state index contributed by atoms with van der Waals surface area (Å²) in [5, 5.41) is 3.03. The molecular formula is C15H22ClNO. The van der Waals surface area contributed by atoms with E-state index < -0.39 is 0 Å². The molecule has 1 atom stereocenters. The molecule has 0 radical (unpaired) electrons. The fourth-order valence-electron chi connectivity index (χ4n) is 1.83. The third-order valence-corrected chi connectivity index (χ3v) is 3.17. The van der Waals surface area contributed by atoms with Crippen LogP contribution in [0.25, 0.3) is 0 Å². The highest BCUT2D eigenvalue weighted by molar-refractivity contribution is 6.17. The second-order valence-corrected chi connectivity index (χ2v) is 5.02. The predicted molar refractivity (Wildman–Crippen MR) is 76.9 cm³/mol. The van der Waals surface area contributed by atoms with Gasteiger partial charge < -0.3 is 5.32 Å². The van der Waals surface area contributed by atoms with Crippen LogP contribution in [0.15, 0.2) is 30.3 Å². The maximum Gasteiger partial charge on any atom is 0.220 e. The number of carbonyl (C=O) groups excluding carboxylic acids is 1. The van der Waals surface area contributed by atoms with Crippen molar-refractivity contribution in [2.24, 2.45) is 0 Å². The summed E-state index contributed by atoms with van der Waals surface area (Å²) < 4.78 is 0. The number of amides is 1. The van der Waals surface area contributed by atoms with Crippen LogP contribution in [0.2, 0.25) is 0 Å².